The zero-order valence-electron chi connectivity index (χ0n) is 14.9. The van der Waals surface area contributed by atoms with Gasteiger partial charge < -0.3 is 9.47 Å². The smallest absolute Gasteiger partial charge is 0.268 e. The molecule has 0 saturated heterocycles. The molecule has 0 saturated carbocycles. The first-order chi connectivity index (χ1) is 13.0. The molecular weight excluding hydrogens is 424 g/mol. The first kappa shape index (κ1) is 17.9. The fourth-order valence-corrected chi connectivity index (χ4v) is 4.70. The van der Waals surface area contributed by atoms with Gasteiger partial charge in [0, 0.05) is 33.8 Å². The highest BCUT2D eigenvalue weighted by Gasteiger charge is 2.20. The van der Waals surface area contributed by atoms with Crippen LogP contribution in [0.5, 0.6) is 0 Å². The quantitative estimate of drug-likeness (QED) is 0.435. The molecule has 4 aromatic rings. The molecule has 27 heavy (non-hydrogen) atoms. The average molecular weight is 441 g/mol. The molecule has 136 valence electrons. The lowest BCUT2D eigenvalue weighted by Crippen LogP contribution is -2.25. The van der Waals surface area contributed by atoms with Crippen molar-refractivity contribution in [2.45, 2.75) is 13.5 Å². The summed E-state index contributed by atoms with van der Waals surface area (Å²) in [7, 11) is 1.75. The average Bonchev–Trinajstić information content (AvgIpc) is 3.14. The van der Waals surface area contributed by atoms with E-state index in [0.29, 0.717) is 16.8 Å². The maximum Gasteiger partial charge on any atom is 0.268 e. The van der Waals surface area contributed by atoms with Gasteiger partial charge in [0.2, 0.25) is 0 Å². The number of aryl methyl sites for hydroxylation is 1. The minimum atomic E-state index is -0.120. The predicted molar refractivity (Wildman–Crippen MR) is 116 cm³/mol. The molecule has 0 aliphatic heterocycles. The summed E-state index contributed by atoms with van der Waals surface area (Å²) in [5.74, 6) is -0.120. The molecule has 2 aromatic heterocycles. The van der Waals surface area contributed by atoms with E-state index in [-0.39, 0.29) is 11.5 Å². The molecule has 0 spiro atoms. The third kappa shape index (κ3) is 2.99. The van der Waals surface area contributed by atoms with Gasteiger partial charge in [-0.05, 0) is 43.3 Å². The summed E-state index contributed by atoms with van der Waals surface area (Å²) in [5, 5.41) is 1.61. The molecule has 0 radical (unpaired) electrons. The number of benzene rings is 2. The van der Waals surface area contributed by atoms with Crippen molar-refractivity contribution >= 4 is 59.9 Å². The molecule has 0 bridgehead atoms. The minimum absolute atomic E-state index is 0.0483. The third-order valence-electron chi connectivity index (χ3n) is 4.69. The van der Waals surface area contributed by atoms with Gasteiger partial charge in [0.05, 0.1) is 15.8 Å². The Morgan fingerprint density at radius 1 is 1.11 bits per heavy atom. The van der Waals surface area contributed by atoms with E-state index in [0.717, 1.165) is 25.8 Å². The summed E-state index contributed by atoms with van der Waals surface area (Å²) in [6, 6.07) is 17.2. The van der Waals surface area contributed by atoms with Crippen LogP contribution in [-0.2, 0) is 6.54 Å². The van der Waals surface area contributed by atoms with Crippen molar-refractivity contribution in [3.8, 4) is 0 Å². The van der Waals surface area contributed by atoms with Crippen LogP contribution in [0, 0.1) is 0 Å². The molecule has 2 aromatic carbocycles. The van der Waals surface area contributed by atoms with Crippen LogP contribution >= 0.6 is 27.3 Å². The Hall–Kier alpha value is -2.44. The van der Waals surface area contributed by atoms with E-state index in [2.05, 4.69) is 15.9 Å². The Labute approximate surface area is 168 Å². The molecule has 0 atom stereocenters. The summed E-state index contributed by atoms with van der Waals surface area (Å²) in [4.78, 5) is 28.1. The molecule has 4 nitrogen and oxygen atoms in total. The highest BCUT2D eigenvalue weighted by atomic mass is 79.9. The molecule has 6 heteroatoms. The molecule has 4 rings (SSSR count). The topological polar surface area (TPSA) is 42.3 Å². The van der Waals surface area contributed by atoms with Gasteiger partial charge in [0.1, 0.15) is 0 Å². The molecule has 2 heterocycles. The fourth-order valence-electron chi connectivity index (χ4n) is 3.27. The Morgan fingerprint density at radius 3 is 2.52 bits per heavy atom. The molecule has 0 unspecified atom stereocenters. The van der Waals surface area contributed by atoms with Gasteiger partial charge >= 0.3 is 0 Å². The van der Waals surface area contributed by atoms with Crippen molar-refractivity contribution in [2.24, 2.45) is 0 Å². The number of carbonyl (C=O) groups is 1. The van der Waals surface area contributed by atoms with Crippen molar-refractivity contribution in [3.63, 3.8) is 0 Å². The molecule has 0 N–H and O–H groups in total. The summed E-state index contributed by atoms with van der Waals surface area (Å²) in [6.45, 7) is 2.55. The van der Waals surface area contributed by atoms with Crippen molar-refractivity contribution < 1.29 is 4.79 Å². The van der Waals surface area contributed by atoms with Crippen LogP contribution in [-0.4, -0.2) is 17.5 Å². The standard InChI is InChI=1S/C21H17BrN2O2S/c1-3-24-17-7-5-4-6-15(17)19-16(20(24)25)12-18(27-19)21(26)23(2)14-10-8-13(22)9-11-14/h4-12H,3H2,1-2H3. The van der Waals surface area contributed by atoms with Crippen LogP contribution in [0.25, 0.3) is 21.0 Å². The van der Waals surface area contributed by atoms with Gasteiger partial charge in [-0.25, -0.2) is 0 Å². The minimum Gasteiger partial charge on any atom is -0.311 e. The lowest BCUT2D eigenvalue weighted by Gasteiger charge is -2.16. The van der Waals surface area contributed by atoms with Gasteiger partial charge in [-0.1, -0.05) is 34.1 Å². The summed E-state index contributed by atoms with van der Waals surface area (Å²) < 4.78 is 3.59. The monoisotopic (exact) mass is 440 g/mol. The molecule has 1 amide bonds. The lowest BCUT2D eigenvalue weighted by atomic mass is 10.1. The van der Waals surface area contributed by atoms with Crippen molar-refractivity contribution in [1.82, 2.24) is 4.57 Å². The van der Waals surface area contributed by atoms with Crippen LogP contribution < -0.4 is 10.5 Å². The number of thiophene rings is 1. The van der Waals surface area contributed by atoms with Crippen LogP contribution in [0.4, 0.5) is 5.69 Å². The predicted octanol–water partition coefficient (Wildman–Crippen LogP) is 5.28. The molecule has 0 fully saturated rings. The number of nitrogens with zero attached hydrogens (tertiary/aromatic N) is 2. The zero-order chi connectivity index (χ0) is 19.1. The summed E-state index contributed by atoms with van der Waals surface area (Å²) in [5.41, 5.74) is 1.66. The van der Waals surface area contributed by atoms with Gasteiger partial charge in [0.15, 0.2) is 0 Å². The van der Waals surface area contributed by atoms with E-state index in [4.69, 9.17) is 0 Å². The Balaban J connectivity index is 1.87. The number of carbonyl (C=O) groups excluding carboxylic acids is 1. The lowest BCUT2D eigenvalue weighted by molar-refractivity contribution is 0.0997. The van der Waals surface area contributed by atoms with E-state index in [1.54, 1.807) is 22.6 Å². The largest absolute Gasteiger partial charge is 0.311 e. The van der Waals surface area contributed by atoms with E-state index < -0.39 is 0 Å². The second-order valence-electron chi connectivity index (χ2n) is 6.26. The molecule has 0 aliphatic carbocycles. The number of amides is 1. The number of hydrogen-bond donors (Lipinski definition) is 0. The van der Waals surface area contributed by atoms with Crippen molar-refractivity contribution in [3.05, 3.63) is 74.3 Å². The van der Waals surface area contributed by atoms with E-state index in [9.17, 15) is 9.59 Å². The summed E-state index contributed by atoms with van der Waals surface area (Å²) >= 11 is 4.79. The van der Waals surface area contributed by atoms with Gasteiger partial charge in [-0.15, -0.1) is 11.3 Å². The maximum absolute atomic E-state index is 13.0. The molecule has 0 aliphatic rings. The number of para-hydroxylation sites is 1. The number of halogens is 1. The summed E-state index contributed by atoms with van der Waals surface area (Å²) in [6.07, 6.45) is 0. The van der Waals surface area contributed by atoms with E-state index >= 15 is 0 Å². The number of anilines is 1. The zero-order valence-corrected chi connectivity index (χ0v) is 17.3. The van der Waals surface area contributed by atoms with Gasteiger partial charge in [-0.3, -0.25) is 9.59 Å². The van der Waals surface area contributed by atoms with Crippen LogP contribution in [0.1, 0.15) is 16.6 Å². The second-order valence-corrected chi connectivity index (χ2v) is 8.23. The first-order valence-electron chi connectivity index (χ1n) is 8.60. The SMILES string of the molecule is CCn1c(=O)c2cc(C(=O)N(C)c3ccc(Br)cc3)sc2c2ccccc21. The Kier molecular flexibility index (Phi) is 4.61. The van der Waals surface area contributed by atoms with E-state index in [1.807, 2.05) is 55.5 Å². The number of fused-ring (bicyclic) bond motifs is 3. The third-order valence-corrected chi connectivity index (χ3v) is 6.38. The Bertz CT molecular complexity index is 1220. The molecular formula is C21H17BrN2O2S. The van der Waals surface area contributed by atoms with Gasteiger partial charge in [0.25, 0.3) is 11.5 Å². The van der Waals surface area contributed by atoms with Gasteiger partial charge in [-0.2, -0.15) is 0 Å². The normalized spacial score (nSPS) is 11.2. The number of pyridine rings is 1. The number of hydrogen-bond acceptors (Lipinski definition) is 3. The Morgan fingerprint density at radius 2 is 1.81 bits per heavy atom. The van der Waals surface area contributed by atoms with E-state index in [1.165, 1.54) is 11.3 Å². The van der Waals surface area contributed by atoms with Crippen LogP contribution in [0.3, 0.4) is 0 Å². The number of aromatic nitrogens is 1. The van der Waals surface area contributed by atoms with Crippen LogP contribution in [0.2, 0.25) is 0 Å². The van der Waals surface area contributed by atoms with Crippen LogP contribution in [0.15, 0.2) is 63.9 Å². The van der Waals surface area contributed by atoms with Crippen molar-refractivity contribution in [2.75, 3.05) is 11.9 Å². The highest BCUT2D eigenvalue weighted by molar-refractivity contribution is 9.10. The van der Waals surface area contributed by atoms with Crippen molar-refractivity contribution in [1.29, 1.82) is 0 Å². The number of rotatable bonds is 3. The second kappa shape index (κ2) is 6.94. The maximum atomic E-state index is 13.0. The highest BCUT2D eigenvalue weighted by Crippen LogP contribution is 2.32. The first-order valence-corrected chi connectivity index (χ1v) is 10.2. The fraction of sp³-hybridized carbons (Fsp3) is 0.143.